The molecule has 28 heavy (non-hydrogen) atoms. The summed E-state index contributed by atoms with van der Waals surface area (Å²) >= 11 is 12.0. The van der Waals surface area contributed by atoms with Crippen LogP contribution in [0.25, 0.3) is 11.1 Å². The van der Waals surface area contributed by atoms with Crippen molar-refractivity contribution < 1.29 is 9.21 Å². The molecule has 1 aromatic carbocycles. The van der Waals surface area contributed by atoms with E-state index in [2.05, 4.69) is 4.98 Å². The van der Waals surface area contributed by atoms with E-state index in [4.69, 9.17) is 27.6 Å². The molecule has 0 spiro atoms. The van der Waals surface area contributed by atoms with Crippen LogP contribution in [0.15, 0.2) is 33.6 Å². The van der Waals surface area contributed by atoms with E-state index in [0.29, 0.717) is 42.1 Å². The van der Waals surface area contributed by atoms with E-state index in [-0.39, 0.29) is 22.9 Å². The third-order valence-corrected chi connectivity index (χ3v) is 5.71. The summed E-state index contributed by atoms with van der Waals surface area (Å²) in [6.07, 6.45) is 2.71. The van der Waals surface area contributed by atoms with E-state index >= 15 is 0 Å². The Kier molecular flexibility index (Phi) is 4.93. The number of amides is 1. The standard InChI is InChI=1S/C20H19Cl2N3O3/c1-11-7-12(2)17-16(8-11)25(20(27)28-17)14-3-5-24(6-4-14)19(26)15-9-13(21)10-23-18(15)22/h7-10,14H,3-6H2,1-2H3. The van der Waals surface area contributed by atoms with Crippen molar-refractivity contribution in [3.8, 4) is 0 Å². The first-order chi connectivity index (χ1) is 13.3. The summed E-state index contributed by atoms with van der Waals surface area (Å²) in [6, 6.07) is 5.49. The Bertz CT molecular complexity index is 1130. The van der Waals surface area contributed by atoms with Gasteiger partial charge >= 0.3 is 5.76 Å². The van der Waals surface area contributed by atoms with E-state index in [1.54, 1.807) is 9.47 Å². The first-order valence-corrected chi connectivity index (χ1v) is 9.83. The summed E-state index contributed by atoms with van der Waals surface area (Å²) in [7, 11) is 0. The number of fused-ring (bicyclic) bond motifs is 1. The van der Waals surface area contributed by atoms with E-state index in [9.17, 15) is 9.59 Å². The molecule has 0 unspecified atom stereocenters. The van der Waals surface area contributed by atoms with E-state index in [1.807, 2.05) is 26.0 Å². The van der Waals surface area contributed by atoms with Crippen LogP contribution in [0.2, 0.25) is 10.2 Å². The molecule has 3 aromatic rings. The predicted molar refractivity (Wildman–Crippen MR) is 108 cm³/mol. The molecule has 1 saturated heterocycles. The number of oxazole rings is 1. The molecule has 0 saturated carbocycles. The average Bonchev–Trinajstić information content (AvgIpc) is 2.99. The maximum absolute atomic E-state index is 12.8. The molecule has 0 radical (unpaired) electrons. The highest BCUT2D eigenvalue weighted by Gasteiger charge is 2.28. The van der Waals surface area contributed by atoms with Crippen LogP contribution in [0, 0.1) is 13.8 Å². The minimum absolute atomic E-state index is 0.0213. The fourth-order valence-corrected chi connectivity index (χ4v) is 4.24. The van der Waals surface area contributed by atoms with Crippen LogP contribution >= 0.6 is 23.2 Å². The number of piperidine rings is 1. The van der Waals surface area contributed by atoms with Crippen molar-refractivity contribution in [3.05, 3.63) is 61.8 Å². The summed E-state index contributed by atoms with van der Waals surface area (Å²) in [5.74, 6) is -0.551. The average molecular weight is 420 g/mol. The third-order valence-electron chi connectivity index (χ3n) is 5.20. The van der Waals surface area contributed by atoms with Crippen LogP contribution in [0.4, 0.5) is 0 Å². The zero-order chi connectivity index (χ0) is 20.0. The maximum atomic E-state index is 12.8. The molecule has 0 aliphatic carbocycles. The normalized spacial score (nSPS) is 15.4. The smallest absolute Gasteiger partial charge is 0.407 e. The van der Waals surface area contributed by atoms with E-state index < -0.39 is 0 Å². The van der Waals surface area contributed by atoms with Crippen LogP contribution < -0.4 is 5.76 Å². The molecule has 4 rings (SSSR count). The highest BCUT2D eigenvalue weighted by molar-refractivity contribution is 6.34. The van der Waals surface area contributed by atoms with Crippen molar-refractivity contribution in [2.24, 2.45) is 0 Å². The minimum Gasteiger partial charge on any atom is -0.407 e. The van der Waals surface area contributed by atoms with Crippen LogP contribution in [0.1, 0.15) is 40.4 Å². The fourth-order valence-electron chi connectivity index (χ4n) is 3.89. The van der Waals surface area contributed by atoms with Crippen molar-refractivity contribution in [1.82, 2.24) is 14.5 Å². The van der Waals surface area contributed by atoms with E-state index in [0.717, 1.165) is 16.6 Å². The maximum Gasteiger partial charge on any atom is 0.420 e. The Morgan fingerprint density at radius 3 is 2.61 bits per heavy atom. The van der Waals surface area contributed by atoms with Gasteiger partial charge in [-0.05, 0) is 49.9 Å². The molecule has 0 bridgehead atoms. The summed E-state index contributed by atoms with van der Waals surface area (Å²) in [6.45, 7) is 4.96. The Morgan fingerprint density at radius 1 is 1.18 bits per heavy atom. The number of hydrogen-bond acceptors (Lipinski definition) is 4. The Morgan fingerprint density at radius 2 is 1.89 bits per heavy atom. The topological polar surface area (TPSA) is 68.3 Å². The van der Waals surface area contributed by atoms with Gasteiger partial charge in [-0.25, -0.2) is 9.78 Å². The number of hydrogen-bond donors (Lipinski definition) is 0. The van der Waals surface area contributed by atoms with Gasteiger partial charge < -0.3 is 9.32 Å². The van der Waals surface area contributed by atoms with Crippen molar-refractivity contribution in [2.45, 2.75) is 32.7 Å². The van der Waals surface area contributed by atoms with Gasteiger partial charge in [0.1, 0.15) is 5.15 Å². The number of benzene rings is 1. The Labute approximate surface area is 171 Å². The zero-order valence-electron chi connectivity index (χ0n) is 15.5. The first-order valence-electron chi connectivity index (χ1n) is 9.07. The molecule has 1 amide bonds. The summed E-state index contributed by atoms with van der Waals surface area (Å²) in [5, 5.41) is 0.504. The van der Waals surface area contributed by atoms with Crippen molar-refractivity contribution in [3.63, 3.8) is 0 Å². The number of aromatic nitrogens is 2. The number of likely N-dealkylation sites (tertiary alicyclic amines) is 1. The van der Waals surface area contributed by atoms with Crippen LogP contribution in [-0.4, -0.2) is 33.4 Å². The zero-order valence-corrected chi connectivity index (χ0v) is 17.0. The molecule has 6 nitrogen and oxygen atoms in total. The summed E-state index contributed by atoms with van der Waals surface area (Å²) < 4.78 is 7.22. The van der Waals surface area contributed by atoms with Crippen molar-refractivity contribution in [1.29, 1.82) is 0 Å². The van der Waals surface area contributed by atoms with Crippen LogP contribution in [0.5, 0.6) is 0 Å². The van der Waals surface area contributed by atoms with Crippen molar-refractivity contribution >= 4 is 40.2 Å². The second kappa shape index (κ2) is 7.26. The molecule has 8 heteroatoms. The second-order valence-corrected chi connectivity index (χ2v) is 7.98. The number of carbonyl (C=O) groups is 1. The lowest BCUT2D eigenvalue weighted by Gasteiger charge is -2.32. The summed E-state index contributed by atoms with van der Waals surface area (Å²) in [4.78, 5) is 30.9. The van der Waals surface area contributed by atoms with Crippen LogP contribution in [-0.2, 0) is 0 Å². The van der Waals surface area contributed by atoms with Gasteiger partial charge in [0.25, 0.3) is 5.91 Å². The number of carbonyl (C=O) groups excluding carboxylic acids is 1. The quantitative estimate of drug-likeness (QED) is 0.577. The fraction of sp³-hybridized carbons (Fsp3) is 0.350. The molecular weight excluding hydrogens is 401 g/mol. The van der Waals surface area contributed by atoms with Gasteiger partial charge in [-0.2, -0.15) is 0 Å². The van der Waals surface area contributed by atoms with Gasteiger partial charge in [0.15, 0.2) is 5.58 Å². The van der Waals surface area contributed by atoms with Crippen molar-refractivity contribution in [2.75, 3.05) is 13.1 Å². The number of aryl methyl sites for hydroxylation is 2. The number of nitrogens with zero attached hydrogens (tertiary/aromatic N) is 3. The summed E-state index contributed by atoms with van der Waals surface area (Å²) in [5.41, 5.74) is 3.77. The van der Waals surface area contributed by atoms with Crippen LogP contribution in [0.3, 0.4) is 0 Å². The molecule has 1 aliphatic rings. The highest BCUT2D eigenvalue weighted by Crippen LogP contribution is 2.29. The molecule has 3 heterocycles. The molecular formula is C20H19Cl2N3O3. The highest BCUT2D eigenvalue weighted by atomic mass is 35.5. The molecule has 0 atom stereocenters. The lowest BCUT2D eigenvalue weighted by molar-refractivity contribution is 0.0693. The SMILES string of the molecule is Cc1cc(C)c2oc(=O)n(C3CCN(C(=O)c4cc(Cl)cnc4Cl)CC3)c2c1. The molecule has 1 fully saturated rings. The Balaban J connectivity index is 1.57. The second-order valence-electron chi connectivity index (χ2n) is 7.18. The van der Waals surface area contributed by atoms with Gasteiger partial charge in [-0.1, -0.05) is 29.3 Å². The molecule has 0 N–H and O–H groups in total. The lowest BCUT2D eigenvalue weighted by atomic mass is 10.0. The van der Waals surface area contributed by atoms with Gasteiger partial charge in [0, 0.05) is 25.3 Å². The number of pyridine rings is 1. The first kappa shape index (κ1) is 19.0. The van der Waals surface area contributed by atoms with Gasteiger partial charge in [-0.3, -0.25) is 9.36 Å². The monoisotopic (exact) mass is 419 g/mol. The molecule has 146 valence electrons. The largest absolute Gasteiger partial charge is 0.420 e. The minimum atomic E-state index is -0.351. The molecule has 1 aliphatic heterocycles. The van der Waals surface area contributed by atoms with E-state index in [1.165, 1.54) is 12.3 Å². The van der Waals surface area contributed by atoms with Gasteiger partial charge in [0.05, 0.1) is 16.1 Å². The molecule has 2 aromatic heterocycles. The third kappa shape index (κ3) is 3.31. The lowest BCUT2D eigenvalue weighted by Crippen LogP contribution is -2.40. The van der Waals surface area contributed by atoms with Gasteiger partial charge in [0.2, 0.25) is 0 Å². The number of rotatable bonds is 2. The number of halogens is 2. The Hall–Kier alpha value is -2.31. The predicted octanol–water partition coefficient (Wildman–Crippen LogP) is 4.39. The van der Waals surface area contributed by atoms with Gasteiger partial charge in [-0.15, -0.1) is 0 Å².